The molecule has 0 radical (unpaired) electrons. The number of halogens is 3. The monoisotopic (exact) mass is 440 g/mol. The van der Waals surface area contributed by atoms with Crippen LogP contribution in [0.3, 0.4) is 0 Å². The van der Waals surface area contributed by atoms with E-state index in [0.717, 1.165) is 11.6 Å². The minimum absolute atomic E-state index is 0.0760. The molecule has 1 aliphatic rings. The number of fused-ring (bicyclic) bond motifs is 1. The summed E-state index contributed by atoms with van der Waals surface area (Å²) in [6, 6.07) is 11.4. The van der Waals surface area contributed by atoms with Crippen LogP contribution in [0, 0.1) is 17.5 Å². The number of benzene rings is 2. The summed E-state index contributed by atoms with van der Waals surface area (Å²) in [6.45, 7) is 0.220. The normalized spacial score (nSPS) is 17.8. The molecule has 0 bridgehead atoms. The highest BCUT2D eigenvalue weighted by atomic mass is 19.1. The van der Waals surface area contributed by atoms with E-state index in [0.29, 0.717) is 35.2 Å². The molecule has 5 nitrogen and oxygen atoms in total. The lowest BCUT2D eigenvalue weighted by Crippen LogP contribution is -2.36. The first-order valence-electron chi connectivity index (χ1n) is 10.2. The minimum atomic E-state index is -0.695. The van der Waals surface area contributed by atoms with Crippen LogP contribution in [0.15, 0.2) is 59.2 Å². The summed E-state index contributed by atoms with van der Waals surface area (Å²) < 4.78 is 52.4. The van der Waals surface area contributed by atoms with Crippen LogP contribution in [-0.4, -0.2) is 17.2 Å². The fourth-order valence-corrected chi connectivity index (χ4v) is 4.17. The number of furan rings is 1. The number of hydrogen-bond acceptors (Lipinski definition) is 3. The van der Waals surface area contributed by atoms with Crippen molar-refractivity contribution in [3.63, 3.8) is 0 Å². The van der Waals surface area contributed by atoms with Gasteiger partial charge in [0.25, 0.3) is 0 Å². The van der Waals surface area contributed by atoms with E-state index in [1.807, 2.05) is 0 Å². The number of carbonyl (C=O) groups excluding carboxylic acids is 1. The van der Waals surface area contributed by atoms with Gasteiger partial charge in [-0.2, -0.15) is 0 Å². The van der Waals surface area contributed by atoms with Gasteiger partial charge in [-0.3, -0.25) is 0 Å². The molecule has 2 aromatic carbocycles. The molecule has 0 unspecified atom stereocenters. The molecule has 5 rings (SSSR count). The second-order valence-corrected chi connectivity index (χ2v) is 7.86. The summed E-state index contributed by atoms with van der Waals surface area (Å²) in [7, 11) is 0. The fourth-order valence-electron chi connectivity index (χ4n) is 4.17. The standard InChI is InChI=1S/C24H19F3N2O3/c25-15-5-3-13(4-6-15)22-21(19-10-16(26)11-20(27)23(19)29-22)14-8-18(9-14)32-24(30)28-12-17-2-1-7-31-17/h1-7,10-11,14,18,29H,8-9,12H2,(H,28,30)/t14-,18-. The third-order valence-corrected chi connectivity index (χ3v) is 5.76. The Morgan fingerprint density at radius 3 is 2.59 bits per heavy atom. The van der Waals surface area contributed by atoms with Gasteiger partial charge in [-0.05, 0) is 72.4 Å². The molecule has 0 aliphatic heterocycles. The molecule has 1 fully saturated rings. The molecular formula is C24H19F3N2O3. The second-order valence-electron chi connectivity index (χ2n) is 7.86. The average molecular weight is 440 g/mol. The number of nitrogens with one attached hydrogen (secondary N) is 2. The molecule has 2 N–H and O–H groups in total. The van der Waals surface area contributed by atoms with E-state index in [2.05, 4.69) is 10.3 Å². The van der Waals surface area contributed by atoms with Crippen LogP contribution in [0.4, 0.5) is 18.0 Å². The van der Waals surface area contributed by atoms with Crippen LogP contribution >= 0.6 is 0 Å². The van der Waals surface area contributed by atoms with Gasteiger partial charge in [0.2, 0.25) is 0 Å². The largest absolute Gasteiger partial charge is 0.467 e. The van der Waals surface area contributed by atoms with Crippen LogP contribution in [-0.2, 0) is 11.3 Å². The lowest BCUT2D eigenvalue weighted by Gasteiger charge is -2.35. The number of H-pyrrole nitrogens is 1. The molecule has 8 heteroatoms. The molecule has 0 spiro atoms. The number of alkyl carbamates (subject to hydrolysis) is 1. The van der Waals surface area contributed by atoms with E-state index in [1.165, 1.54) is 24.5 Å². The van der Waals surface area contributed by atoms with Crippen LogP contribution in [0.2, 0.25) is 0 Å². The van der Waals surface area contributed by atoms with Crippen molar-refractivity contribution >= 4 is 17.0 Å². The van der Waals surface area contributed by atoms with Crippen molar-refractivity contribution in [2.75, 3.05) is 0 Å². The maximum atomic E-state index is 14.4. The van der Waals surface area contributed by atoms with Gasteiger partial charge in [-0.1, -0.05) is 0 Å². The second kappa shape index (κ2) is 8.11. The average Bonchev–Trinajstić information content (AvgIpc) is 3.38. The quantitative estimate of drug-likeness (QED) is 0.399. The van der Waals surface area contributed by atoms with Crippen molar-refractivity contribution in [1.82, 2.24) is 10.3 Å². The lowest BCUT2D eigenvalue weighted by atomic mass is 9.75. The Bertz CT molecular complexity index is 1260. The van der Waals surface area contributed by atoms with Crippen molar-refractivity contribution in [3.05, 3.63) is 83.6 Å². The van der Waals surface area contributed by atoms with E-state index in [4.69, 9.17) is 9.15 Å². The van der Waals surface area contributed by atoms with Gasteiger partial charge < -0.3 is 19.5 Å². The highest BCUT2D eigenvalue weighted by molar-refractivity contribution is 5.92. The number of carbonyl (C=O) groups is 1. The Morgan fingerprint density at radius 2 is 1.88 bits per heavy atom. The summed E-state index contributed by atoms with van der Waals surface area (Å²) >= 11 is 0. The van der Waals surface area contributed by atoms with Gasteiger partial charge in [0.15, 0.2) is 0 Å². The highest BCUT2D eigenvalue weighted by Crippen LogP contribution is 2.46. The van der Waals surface area contributed by atoms with E-state index < -0.39 is 17.7 Å². The molecule has 1 saturated carbocycles. The molecule has 1 amide bonds. The van der Waals surface area contributed by atoms with E-state index in [1.54, 1.807) is 24.3 Å². The van der Waals surface area contributed by atoms with Crippen molar-refractivity contribution in [1.29, 1.82) is 0 Å². The van der Waals surface area contributed by atoms with Crippen LogP contribution in [0.5, 0.6) is 0 Å². The molecule has 0 saturated heterocycles. The highest BCUT2D eigenvalue weighted by Gasteiger charge is 2.37. The topological polar surface area (TPSA) is 67.3 Å². The number of ether oxygens (including phenoxy) is 1. The van der Waals surface area contributed by atoms with Gasteiger partial charge >= 0.3 is 6.09 Å². The SMILES string of the molecule is O=C(NCc1ccco1)O[C@H]1C[C@H](c2c(-c3ccc(F)cc3)[nH]c3c(F)cc(F)cc32)C1. The van der Waals surface area contributed by atoms with Gasteiger partial charge in [-0.25, -0.2) is 18.0 Å². The maximum absolute atomic E-state index is 14.4. The van der Waals surface area contributed by atoms with E-state index in [-0.39, 0.29) is 29.9 Å². The summed E-state index contributed by atoms with van der Waals surface area (Å²) in [5.74, 6) is -1.22. The Hall–Kier alpha value is -3.68. The van der Waals surface area contributed by atoms with Crippen molar-refractivity contribution in [2.24, 2.45) is 0 Å². The third-order valence-electron chi connectivity index (χ3n) is 5.76. The summed E-state index contributed by atoms with van der Waals surface area (Å²) in [5, 5.41) is 3.06. The van der Waals surface area contributed by atoms with Crippen molar-refractivity contribution in [2.45, 2.75) is 31.4 Å². The van der Waals surface area contributed by atoms with Gasteiger partial charge in [0, 0.05) is 11.5 Å². The lowest BCUT2D eigenvalue weighted by molar-refractivity contribution is 0.0393. The van der Waals surface area contributed by atoms with Crippen LogP contribution in [0.25, 0.3) is 22.2 Å². The van der Waals surface area contributed by atoms with Crippen LogP contribution < -0.4 is 5.32 Å². The minimum Gasteiger partial charge on any atom is -0.467 e. The maximum Gasteiger partial charge on any atom is 0.407 e. The number of amides is 1. The Kier molecular flexibility index (Phi) is 5.13. The van der Waals surface area contributed by atoms with Gasteiger partial charge in [-0.15, -0.1) is 0 Å². The van der Waals surface area contributed by atoms with E-state index >= 15 is 0 Å². The van der Waals surface area contributed by atoms with Crippen molar-refractivity contribution in [3.8, 4) is 11.3 Å². The predicted octanol–water partition coefficient (Wildman–Crippen LogP) is 6.02. The number of aromatic nitrogens is 1. The molecular weight excluding hydrogens is 421 g/mol. The van der Waals surface area contributed by atoms with Crippen LogP contribution in [0.1, 0.15) is 30.1 Å². The number of rotatable bonds is 5. The van der Waals surface area contributed by atoms with Crippen molar-refractivity contribution < 1.29 is 27.1 Å². The van der Waals surface area contributed by atoms with Gasteiger partial charge in [0.1, 0.15) is 29.3 Å². The third kappa shape index (κ3) is 3.84. The summed E-state index contributed by atoms with van der Waals surface area (Å²) in [5.41, 5.74) is 2.20. The zero-order valence-electron chi connectivity index (χ0n) is 16.8. The number of hydrogen-bond donors (Lipinski definition) is 2. The Labute approximate surface area is 181 Å². The summed E-state index contributed by atoms with van der Waals surface area (Å²) in [6.07, 6.45) is 1.66. The first-order valence-corrected chi connectivity index (χ1v) is 10.2. The molecule has 0 atom stereocenters. The predicted molar refractivity (Wildman–Crippen MR) is 111 cm³/mol. The zero-order valence-corrected chi connectivity index (χ0v) is 16.8. The molecule has 2 aromatic heterocycles. The molecule has 164 valence electrons. The summed E-state index contributed by atoms with van der Waals surface area (Å²) in [4.78, 5) is 15.1. The van der Waals surface area contributed by atoms with E-state index in [9.17, 15) is 18.0 Å². The first kappa shape index (κ1) is 20.2. The molecule has 2 heterocycles. The zero-order chi connectivity index (χ0) is 22.2. The van der Waals surface area contributed by atoms with Gasteiger partial charge in [0.05, 0.1) is 24.0 Å². The molecule has 4 aromatic rings. The molecule has 32 heavy (non-hydrogen) atoms. The Balaban J connectivity index is 1.36. The Morgan fingerprint density at radius 1 is 1.09 bits per heavy atom. The number of aromatic amines is 1. The molecule has 1 aliphatic carbocycles. The smallest absolute Gasteiger partial charge is 0.407 e. The first-order chi connectivity index (χ1) is 15.5. The fraction of sp³-hybridized carbons (Fsp3) is 0.208.